The lowest BCUT2D eigenvalue weighted by Crippen LogP contribution is -2.64. The van der Waals surface area contributed by atoms with E-state index in [1.54, 1.807) is 0 Å². The Morgan fingerprint density at radius 3 is 2.69 bits per heavy atom. The van der Waals surface area contributed by atoms with E-state index in [2.05, 4.69) is 40.4 Å². The van der Waals surface area contributed by atoms with Crippen molar-refractivity contribution in [1.82, 2.24) is 26.4 Å². The molecule has 11 heteroatoms. The highest BCUT2D eigenvalue weighted by atomic mass is 32.2. The van der Waals surface area contributed by atoms with Gasteiger partial charge in [0.2, 0.25) is 5.91 Å². The molecule has 0 aromatic rings. The Kier molecular flexibility index (Phi) is 7.72. The van der Waals surface area contributed by atoms with E-state index >= 15 is 0 Å². The van der Waals surface area contributed by atoms with Gasteiger partial charge in [0.15, 0.2) is 0 Å². The largest absolute Gasteiger partial charge is 0.403 e. The highest BCUT2D eigenvalue weighted by Gasteiger charge is 2.46. The number of carbonyl (C=O) groups excluding carboxylic acids is 1. The summed E-state index contributed by atoms with van der Waals surface area (Å²) in [5.41, 5.74) is 12.5. The van der Waals surface area contributed by atoms with E-state index in [4.69, 9.17) is 5.73 Å². The van der Waals surface area contributed by atoms with Gasteiger partial charge in [-0.15, -0.1) is 11.8 Å². The van der Waals surface area contributed by atoms with Crippen LogP contribution in [0.5, 0.6) is 0 Å². The number of nitrogens with two attached hydrogens (primary N) is 1. The van der Waals surface area contributed by atoms with Gasteiger partial charge >= 0.3 is 6.18 Å². The molecule has 7 nitrogen and oxygen atoms in total. The van der Waals surface area contributed by atoms with Gasteiger partial charge in [-0.2, -0.15) is 13.2 Å². The number of carbonyl (C=O) groups is 1. The van der Waals surface area contributed by atoms with Crippen molar-refractivity contribution in [2.75, 3.05) is 13.7 Å². The molecule has 2 saturated heterocycles. The van der Waals surface area contributed by atoms with Crippen molar-refractivity contribution < 1.29 is 18.0 Å². The van der Waals surface area contributed by atoms with Crippen LogP contribution in [0.2, 0.25) is 0 Å². The zero-order chi connectivity index (χ0) is 21.2. The van der Waals surface area contributed by atoms with Crippen LogP contribution >= 0.6 is 11.8 Å². The van der Waals surface area contributed by atoms with E-state index in [1.807, 2.05) is 11.8 Å². The molecule has 1 amide bonds. The fourth-order valence-electron chi connectivity index (χ4n) is 4.46. The van der Waals surface area contributed by atoms with Crippen molar-refractivity contribution in [2.45, 2.75) is 86.5 Å². The second kappa shape index (κ2) is 9.69. The molecule has 0 aromatic heterocycles. The molecule has 0 spiro atoms. The minimum Gasteiger partial charge on any atom is -0.352 e. The maximum atomic E-state index is 13.0. The van der Waals surface area contributed by atoms with Crippen LogP contribution in [0.1, 0.15) is 45.4 Å². The average Bonchev–Trinajstić information content (AvgIpc) is 3.06. The van der Waals surface area contributed by atoms with E-state index < -0.39 is 30.2 Å². The predicted octanol–water partition coefficient (Wildman–Crippen LogP) is 1.07. The average molecular weight is 439 g/mol. The summed E-state index contributed by atoms with van der Waals surface area (Å²) in [5.74, 6) is 0.0459. The van der Waals surface area contributed by atoms with Gasteiger partial charge in [0.25, 0.3) is 0 Å². The third-order valence-corrected chi connectivity index (χ3v) is 7.85. The number of hydrogen-bond acceptors (Lipinski definition) is 7. The maximum Gasteiger partial charge on any atom is 0.403 e. The Balaban J connectivity index is 1.52. The fraction of sp³-hybridized carbons (Fsp3) is 0.944. The van der Waals surface area contributed by atoms with Gasteiger partial charge in [-0.3, -0.25) is 15.0 Å². The van der Waals surface area contributed by atoms with Crippen molar-refractivity contribution in [3.05, 3.63) is 0 Å². The van der Waals surface area contributed by atoms with Crippen molar-refractivity contribution >= 4 is 17.7 Å². The molecular weight excluding hydrogens is 405 g/mol. The molecule has 168 valence electrons. The topological polar surface area (TPSA) is 94.4 Å². The molecule has 6 N–H and O–H groups in total. The van der Waals surface area contributed by atoms with Gasteiger partial charge < -0.3 is 11.1 Å². The van der Waals surface area contributed by atoms with Crippen LogP contribution in [-0.2, 0) is 4.79 Å². The van der Waals surface area contributed by atoms with Gasteiger partial charge in [0, 0.05) is 17.3 Å². The number of nitrogens with one attached hydrogen (secondary N) is 4. The predicted molar refractivity (Wildman–Crippen MR) is 108 cm³/mol. The molecule has 2 heterocycles. The summed E-state index contributed by atoms with van der Waals surface area (Å²) in [7, 11) is 2.05. The standard InChI is InChI=1S/C18H33F3N6OS/c1-10(29-17-26-23-9-27(17)2)11-4-3-5-12(8-11)24-16(28)15-13(22)6-7-14(25-15)18(19,20)21/h10-15,17,23,25-26H,3-9,22H2,1-2H3,(H,24,28)/t10-,11?,12?,13?,14?,15?,17?/m0/s1. The third-order valence-electron chi connectivity index (χ3n) is 6.30. The monoisotopic (exact) mass is 438 g/mol. The van der Waals surface area contributed by atoms with E-state index in [0.29, 0.717) is 11.2 Å². The summed E-state index contributed by atoms with van der Waals surface area (Å²) in [6, 6.07) is -3.28. The first kappa shape index (κ1) is 23.1. The molecule has 0 bridgehead atoms. The molecule has 1 saturated carbocycles. The molecule has 3 fully saturated rings. The first-order valence-corrected chi connectivity index (χ1v) is 11.3. The van der Waals surface area contributed by atoms with Crippen LogP contribution in [-0.4, -0.2) is 65.6 Å². The second-order valence-electron chi connectivity index (χ2n) is 8.54. The van der Waals surface area contributed by atoms with Crippen LogP contribution in [0.15, 0.2) is 0 Å². The van der Waals surface area contributed by atoms with Crippen molar-refractivity contribution in [3.63, 3.8) is 0 Å². The first-order valence-electron chi connectivity index (χ1n) is 10.4. The quantitative estimate of drug-likeness (QED) is 0.438. The molecule has 6 unspecified atom stereocenters. The Hall–Kier alpha value is -0.590. The summed E-state index contributed by atoms with van der Waals surface area (Å²) >= 11 is 1.86. The van der Waals surface area contributed by atoms with Crippen LogP contribution in [0.25, 0.3) is 0 Å². The number of hydrogen-bond donors (Lipinski definition) is 5. The number of alkyl halides is 3. The number of nitrogens with zero attached hydrogens (tertiary/aromatic N) is 1. The number of hydrazine groups is 1. The SMILES string of the molecule is C[C@H](SC1NNCN1C)C1CCCC(NC(=O)C2NC(C(F)(F)F)CCC2N)C1. The molecule has 1 aliphatic carbocycles. The van der Waals surface area contributed by atoms with Gasteiger partial charge in [-0.25, -0.2) is 10.9 Å². The number of rotatable bonds is 5. The highest BCUT2D eigenvalue weighted by Crippen LogP contribution is 2.35. The highest BCUT2D eigenvalue weighted by molar-refractivity contribution is 8.00. The fourth-order valence-corrected chi connectivity index (χ4v) is 5.77. The zero-order valence-corrected chi connectivity index (χ0v) is 17.8. The lowest BCUT2D eigenvalue weighted by molar-refractivity contribution is -0.165. The Morgan fingerprint density at radius 2 is 2.03 bits per heavy atom. The molecule has 7 atom stereocenters. The number of piperidine rings is 1. The van der Waals surface area contributed by atoms with Crippen LogP contribution < -0.4 is 27.2 Å². The Morgan fingerprint density at radius 1 is 1.28 bits per heavy atom. The Bertz CT molecular complexity index is 568. The smallest absolute Gasteiger partial charge is 0.352 e. The zero-order valence-electron chi connectivity index (χ0n) is 17.0. The van der Waals surface area contributed by atoms with E-state index in [0.717, 1.165) is 32.4 Å². The van der Waals surface area contributed by atoms with Crippen molar-refractivity contribution in [3.8, 4) is 0 Å². The molecular formula is C18H33F3N6OS. The van der Waals surface area contributed by atoms with E-state index in [-0.39, 0.29) is 24.4 Å². The van der Waals surface area contributed by atoms with Gasteiger partial charge in [0.05, 0.1) is 6.67 Å². The molecule has 0 aromatic carbocycles. The first-order chi connectivity index (χ1) is 13.6. The summed E-state index contributed by atoms with van der Waals surface area (Å²) in [6.45, 7) is 3.00. The minimum absolute atomic E-state index is 0.0167. The van der Waals surface area contributed by atoms with E-state index in [9.17, 15) is 18.0 Å². The summed E-state index contributed by atoms with van der Waals surface area (Å²) in [5, 5.41) is 5.82. The second-order valence-corrected chi connectivity index (χ2v) is 10.0. The van der Waals surface area contributed by atoms with Gasteiger partial charge in [-0.05, 0) is 45.1 Å². The maximum absolute atomic E-state index is 13.0. The molecule has 29 heavy (non-hydrogen) atoms. The number of halogens is 3. The molecule has 2 aliphatic heterocycles. The minimum atomic E-state index is -4.36. The Labute approximate surface area is 174 Å². The van der Waals surface area contributed by atoms with E-state index in [1.165, 1.54) is 0 Å². The number of amides is 1. The molecule has 0 radical (unpaired) electrons. The third kappa shape index (κ3) is 5.98. The lowest BCUT2D eigenvalue weighted by atomic mass is 9.83. The molecule has 3 aliphatic rings. The van der Waals surface area contributed by atoms with Crippen LogP contribution in [0.4, 0.5) is 13.2 Å². The number of thioether (sulfide) groups is 1. The van der Waals surface area contributed by atoms with Crippen molar-refractivity contribution in [1.29, 1.82) is 0 Å². The van der Waals surface area contributed by atoms with Crippen LogP contribution in [0, 0.1) is 5.92 Å². The van der Waals surface area contributed by atoms with Gasteiger partial charge in [0.1, 0.15) is 17.6 Å². The van der Waals surface area contributed by atoms with Gasteiger partial charge in [-0.1, -0.05) is 13.3 Å². The molecule has 3 rings (SSSR count). The summed E-state index contributed by atoms with van der Waals surface area (Å²) < 4.78 is 39.1. The summed E-state index contributed by atoms with van der Waals surface area (Å²) in [4.78, 5) is 14.9. The van der Waals surface area contributed by atoms with Crippen LogP contribution in [0.3, 0.4) is 0 Å². The normalized spacial score (nSPS) is 38.0. The summed E-state index contributed by atoms with van der Waals surface area (Å²) in [6.07, 6.45) is -0.470. The van der Waals surface area contributed by atoms with Crippen molar-refractivity contribution in [2.24, 2.45) is 11.7 Å². The lowest BCUT2D eigenvalue weighted by Gasteiger charge is -2.38.